The van der Waals surface area contributed by atoms with E-state index in [-0.39, 0.29) is 5.91 Å². The minimum absolute atomic E-state index is 0.215. The largest absolute Gasteiger partial charge is 0.465 e. The van der Waals surface area contributed by atoms with Crippen molar-refractivity contribution in [2.75, 3.05) is 13.1 Å². The van der Waals surface area contributed by atoms with Crippen molar-refractivity contribution in [2.45, 2.75) is 33.9 Å². The highest BCUT2D eigenvalue weighted by Crippen LogP contribution is 2.11. The van der Waals surface area contributed by atoms with Gasteiger partial charge in [-0.3, -0.25) is 9.69 Å². The Balaban J connectivity index is 1.72. The zero-order valence-electron chi connectivity index (χ0n) is 14.8. The van der Waals surface area contributed by atoms with Gasteiger partial charge in [0.15, 0.2) is 5.65 Å². The maximum Gasteiger partial charge on any atom is 0.257 e. The molecule has 0 spiro atoms. The number of nitrogens with zero attached hydrogens (tertiary/aromatic N) is 4. The first-order chi connectivity index (χ1) is 12.1. The lowest BCUT2D eigenvalue weighted by Gasteiger charge is -2.17. The average Bonchev–Trinajstić information content (AvgIpc) is 3.23. The number of nitrogens with one attached hydrogen (secondary N) is 1. The molecule has 25 heavy (non-hydrogen) atoms. The van der Waals surface area contributed by atoms with E-state index in [4.69, 9.17) is 4.42 Å². The van der Waals surface area contributed by atoms with Crippen molar-refractivity contribution in [1.29, 1.82) is 0 Å². The SMILES string of the molecule is CCN(CC)Cc1cnc2c(C(=O)NCc3ccc(C)o3)cnn2c1. The Kier molecular flexibility index (Phi) is 5.14. The van der Waals surface area contributed by atoms with Gasteiger partial charge in [0.05, 0.1) is 12.7 Å². The third-order valence-corrected chi connectivity index (χ3v) is 4.17. The number of aryl methyl sites for hydroxylation is 1. The van der Waals surface area contributed by atoms with E-state index in [0.29, 0.717) is 17.8 Å². The lowest BCUT2D eigenvalue weighted by Crippen LogP contribution is -2.23. The molecule has 0 radical (unpaired) electrons. The normalized spacial score (nSPS) is 11.4. The molecule has 7 heteroatoms. The van der Waals surface area contributed by atoms with Gasteiger partial charge in [0.2, 0.25) is 0 Å². The standard InChI is InChI=1S/C18H23N5O2/c1-4-22(5-2)11-14-8-19-17-16(10-21-23(17)12-14)18(24)20-9-15-7-6-13(3)25-15/h6-8,10,12H,4-5,9,11H2,1-3H3,(H,20,24). The molecule has 0 aliphatic heterocycles. The third kappa shape index (κ3) is 3.88. The van der Waals surface area contributed by atoms with Gasteiger partial charge in [-0.15, -0.1) is 0 Å². The Morgan fingerprint density at radius 1 is 1.28 bits per heavy atom. The Morgan fingerprint density at radius 2 is 2.08 bits per heavy atom. The summed E-state index contributed by atoms with van der Waals surface area (Å²) in [5.41, 5.74) is 2.08. The number of hydrogen-bond donors (Lipinski definition) is 1. The number of carbonyl (C=O) groups excluding carboxylic acids is 1. The van der Waals surface area contributed by atoms with Crippen LogP contribution < -0.4 is 5.32 Å². The average molecular weight is 341 g/mol. The molecule has 0 aromatic carbocycles. The molecule has 0 bridgehead atoms. The highest BCUT2D eigenvalue weighted by molar-refractivity contribution is 5.99. The Bertz CT molecular complexity index is 863. The van der Waals surface area contributed by atoms with Crippen LogP contribution in [-0.2, 0) is 13.1 Å². The summed E-state index contributed by atoms with van der Waals surface area (Å²) in [4.78, 5) is 19.1. The summed E-state index contributed by atoms with van der Waals surface area (Å²) >= 11 is 0. The Morgan fingerprint density at radius 3 is 2.76 bits per heavy atom. The van der Waals surface area contributed by atoms with Crippen molar-refractivity contribution in [3.05, 3.63) is 53.4 Å². The lowest BCUT2D eigenvalue weighted by molar-refractivity contribution is 0.0949. The number of hydrogen-bond acceptors (Lipinski definition) is 5. The minimum atomic E-state index is -0.215. The molecule has 0 aliphatic carbocycles. The van der Waals surface area contributed by atoms with Gasteiger partial charge in [-0.05, 0) is 32.1 Å². The highest BCUT2D eigenvalue weighted by Gasteiger charge is 2.15. The van der Waals surface area contributed by atoms with Gasteiger partial charge in [0.1, 0.15) is 17.1 Å². The maximum absolute atomic E-state index is 12.4. The number of rotatable bonds is 7. The van der Waals surface area contributed by atoms with E-state index in [2.05, 4.69) is 34.1 Å². The summed E-state index contributed by atoms with van der Waals surface area (Å²) in [6, 6.07) is 3.72. The van der Waals surface area contributed by atoms with Crippen LogP contribution in [0.1, 0.15) is 41.3 Å². The van der Waals surface area contributed by atoms with Crippen LogP contribution in [0.4, 0.5) is 0 Å². The van der Waals surface area contributed by atoms with Crippen molar-refractivity contribution in [2.24, 2.45) is 0 Å². The van der Waals surface area contributed by atoms with Crippen molar-refractivity contribution in [3.8, 4) is 0 Å². The predicted molar refractivity (Wildman–Crippen MR) is 94.2 cm³/mol. The smallest absolute Gasteiger partial charge is 0.257 e. The monoisotopic (exact) mass is 341 g/mol. The topological polar surface area (TPSA) is 75.7 Å². The van der Waals surface area contributed by atoms with Crippen LogP contribution in [0.3, 0.4) is 0 Å². The van der Waals surface area contributed by atoms with Crippen molar-refractivity contribution in [3.63, 3.8) is 0 Å². The zero-order chi connectivity index (χ0) is 17.8. The number of carbonyl (C=O) groups is 1. The summed E-state index contributed by atoms with van der Waals surface area (Å²) in [6.45, 7) is 9.25. The second kappa shape index (κ2) is 7.48. The van der Waals surface area contributed by atoms with Crippen LogP contribution in [0.5, 0.6) is 0 Å². The quantitative estimate of drug-likeness (QED) is 0.714. The van der Waals surface area contributed by atoms with Crippen LogP contribution >= 0.6 is 0 Å². The Hall–Kier alpha value is -2.67. The summed E-state index contributed by atoms with van der Waals surface area (Å²) < 4.78 is 7.11. The second-order valence-corrected chi connectivity index (χ2v) is 5.95. The molecule has 0 saturated heterocycles. The summed E-state index contributed by atoms with van der Waals surface area (Å²) in [5, 5.41) is 7.11. The molecule has 0 atom stereocenters. The first kappa shape index (κ1) is 17.2. The molecule has 1 amide bonds. The molecule has 3 rings (SSSR count). The van der Waals surface area contributed by atoms with Gasteiger partial charge in [0, 0.05) is 24.5 Å². The van der Waals surface area contributed by atoms with Gasteiger partial charge >= 0.3 is 0 Å². The van der Waals surface area contributed by atoms with Crippen LogP contribution in [0.2, 0.25) is 0 Å². The molecule has 0 aliphatic rings. The first-order valence-corrected chi connectivity index (χ1v) is 8.48. The molecule has 3 aromatic heterocycles. The van der Waals surface area contributed by atoms with E-state index in [1.165, 1.54) is 0 Å². The van der Waals surface area contributed by atoms with E-state index in [1.807, 2.05) is 31.5 Å². The van der Waals surface area contributed by atoms with Crippen molar-refractivity contribution < 1.29 is 9.21 Å². The van der Waals surface area contributed by atoms with E-state index < -0.39 is 0 Å². The molecule has 132 valence electrons. The molecule has 0 saturated carbocycles. The van der Waals surface area contributed by atoms with Gasteiger partial charge in [-0.25, -0.2) is 9.50 Å². The fourth-order valence-corrected chi connectivity index (χ4v) is 2.70. The Labute approximate surface area is 146 Å². The van der Waals surface area contributed by atoms with Crippen LogP contribution in [0.15, 0.2) is 35.1 Å². The van der Waals surface area contributed by atoms with Crippen molar-refractivity contribution in [1.82, 2.24) is 24.8 Å². The van der Waals surface area contributed by atoms with Crippen LogP contribution in [0, 0.1) is 6.92 Å². The van der Waals surface area contributed by atoms with E-state index in [9.17, 15) is 4.79 Å². The van der Waals surface area contributed by atoms with E-state index in [0.717, 1.165) is 36.7 Å². The highest BCUT2D eigenvalue weighted by atomic mass is 16.3. The fraction of sp³-hybridized carbons (Fsp3) is 0.389. The molecule has 7 nitrogen and oxygen atoms in total. The molecule has 3 aromatic rings. The van der Waals surface area contributed by atoms with E-state index in [1.54, 1.807) is 10.7 Å². The van der Waals surface area contributed by atoms with Crippen LogP contribution in [-0.4, -0.2) is 38.5 Å². The summed E-state index contributed by atoms with van der Waals surface area (Å²) in [7, 11) is 0. The molecule has 1 N–H and O–H groups in total. The van der Waals surface area contributed by atoms with E-state index >= 15 is 0 Å². The molecular formula is C18H23N5O2. The fourth-order valence-electron chi connectivity index (χ4n) is 2.70. The van der Waals surface area contributed by atoms with Gasteiger partial charge in [0.25, 0.3) is 5.91 Å². The lowest BCUT2D eigenvalue weighted by atomic mass is 10.3. The molecule has 0 fully saturated rings. The number of amides is 1. The zero-order valence-corrected chi connectivity index (χ0v) is 14.8. The number of furan rings is 1. The van der Waals surface area contributed by atoms with Crippen molar-refractivity contribution >= 4 is 11.6 Å². The number of fused-ring (bicyclic) bond motifs is 1. The summed E-state index contributed by atoms with van der Waals surface area (Å²) in [6.07, 6.45) is 5.28. The minimum Gasteiger partial charge on any atom is -0.465 e. The predicted octanol–water partition coefficient (Wildman–Crippen LogP) is 2.40. The molecular weight excluding hydrogens is 318 g/mol. The van der Waals surface area contributed by atoms with Crippen LogP contribution in [0.25, 0.3) is 5.65 Å². The number of aromatic nitrogens is 3. The van der Waals surface area contributed by atoms with Gasteiger partial charge in [-0.2, -0.15) is 5.10 Å². The van der Waals surface area contributed by atoms with Gasteiger partial charge in [-0.1, -0.05) is 13.8 Å². The van der Waals surface area contributed by atoms with Gasteiger partial charge < -0.3 is 9.73 Å². The summed E-state index contributed by atoms with van der Waals surface area (Å²) in [5.74, 6) is 1.33. The second-order valence-electron chi connectivity index (χ2n) is 5.95. The maximum atomic E-state index is 12.4. The first-order valence-electron chi connectivity index (χ1n) is 8.48. The third-order valence-electron chi connectivity index (χ3n) is 4.17. The molecule has 0 unspecified atom stereocenters. The molecule has 3 heterocycles.